The molecule has 16 heavy (non-hydrogen) atoms. The van der Waals surface area contributed by atoms with Crippen LogP contribution in [0.25, 0.3) is 0 Å². The molecule has 0 spiro atoms. The molecule has 0 bridgehead atoms. The molecule has 0 heterocycles. The van der Waals surface area contributed by atoms with E-state index in [0.717, 1.165) is 11.3 Å². The topological polar surface area (TPSA) is 62.4 Å². The summed E-state index contributed by atoms with van der Waals surface area (Å²) in [4.78, 5) is 4.33. The zero-order valence-electron chi connectivity index (χ0n) is 10.3. The Morgan fingerprint density at radius 3 is 2.56 bits per heavy atom. The Kier molecular flexibility index (Phi) is 4.31. The van der Waals surface area contributed by atoms with Gasteiger partial charge in [0, 0.05) is 11.7 Å². The smallest absolute Gasteiger partial charge is 0.210 e. The molecule has 0 unspecified atom stereocenters. The average molecular weight is 220 g/mol. The van der Waals surface area contributed by atoms with Gasteiger partial charge in [0.1, 0.15) is 0 Å². The summed E-state index contributed by atoms with van der Waals surface area (Å²) in [6, 6.07) is 6.42. The Hall–Kier alpha value is -1.55. The first-order chi connectivity index (χ1) is 7.52. The maximum Gasteiger partial charge on any atom is 0.210 e. The fraction of sp³-hybridized carbons (Fsp3) is 0.417. The Balaban J connectivity index is 2.90. The number of nitrogens with zero attached hydrogens (tertiary/aromatic N) is 1. The molecule has 0 aliphatic rings. The quantitative estimate of drug-likeness (QED) is 0.309. The van der Waals surface area contributed by atoms with Crippen LogP contribution in [0.2, 0.25) is 0 Å². The number of hydrogen-bond donors (Lipinski definition) is 3. The molecule has 0 fully saturated rings. The Labute approximate surface area is 96.9 Å². The molecule has 88 valence electrons. The van der Waals surface area contributed by atoms with Crippen LogP contribution in [0.15, 0.2) is 23.2 Å². The third kappa shape index (κ3) is 3.55. The molecular formula is C12H20N4. The summed E-state index contributed by atoms with van der Waals surface area (Å²) < 4.78 is 0. The van der Waals surface area contributed by atoms with Crippen molar-refractivity contribution in [3.05, 3.63) is 29.3 Å². The molecule has 0 radical (unpaired) electrons. The zero-order chi connectivity index (χ0) is 12.1. The minimum Gasteiger partial charge on any atom is -0.325 e. The second-order valence-corrected chi connectivity index (χ2v) is 4.16. The van der Waals surface area contributed by atoms with Crippen LogP contribution in [0.4, 0.5) is 5.69 Å². The third-order valence-corrected chi connectivity index (χ3v) is 2.17. The molecule has 0 amide bonds. The second-order valence-electron chi connectivity index (χ2n) is 4.16. The predicted octanol–water partition coefficient (Wildman–Crippen LogP) is 1.94. The lowest BCUT2D eigenvalue weighted by Crippen LogP contribution is -2.37. The number of guanidine groups is 1. The first-order valence-electron chi connectivity index (χ1n) is 5.41. The molecule has 0 atom stereocenters. The van der Waals surface area contributed by atoms with Gasteiger partial charge in [-0.05, 0) is 44.9 Å². The van der Waals surface area contributed by atoms with E-state index in [-0.39, 0.29) is 6.04 Å². The number of anilines is 1. The molecule has 0 saturated heterocycles. The van der Waals surface area contributed by atoms with E-state index < -0.39 is 0 Å². The van der Waals surface area contributed by atoms with Crippen LogP contribution in [-0.4, -0.2) is 12.0 Å². The van der Waals surface area contributed by atoms with Crippen LogP contribution in [0.3, 0.4) is 0 Å². The average Bonchev–Trinajstić information content (AvgIpc) is 2.21. The number of hydrazine groups is 1. The summed E-state index contributed by atoms with van der Waals surface area (Å²) in [5.41, 5.74) is 5.96. The Morgan fingerprint density at radius 1 is 1.31 bits per heavy atom. The van der Waals surface area contributed by atoms with Gasteiger partial charge in [-0.1, -0.05) is 12.1 Å². The maximum atomic E-state index is 5.41. The van der Waals surface area contributed by atoms with Gasteiger partial charge >= 0.3 is 0 Å². The SMILES string of the molecule is Cc1ccc(C)c(NC(=NC(C)C)NN)c1. The molecule has 4 nitrogen and oxygen atoms in total. The highest BCUT2D eigenvalue weighted by Crippen LogP contribution is 2.16. The second kappa shape index (κ2) is 5.51. The number of aliphatic imine (C=N–C) groups is 1. The summed E-state index contributed by atoms with van der Waals surface area (Å²) >= 11 is 0. The summed E-state index contributed by atoms with van der Waals surface area (Å²) in [6.07, 6.45) is 0. The van der Waals surface area contributed by atoms with Crippen molar-refractivity contribution in [2.24, 2.45) is 10.8 Å². The fourth-order valence-corrected chi connectivity index (χ4v) is 1.36. The highest BCUT2D eigenvalue weighted by atomic mass is 15.3. The molecular weight excluding hydrogens is 200 g/mol. The largest absolute Gasteiger partial charge is 0.325 e. The van der Waals surface area contributed by atoms with Gasteiger partial charge in [0.25, 0.3) is 0 Å². The van der Waals surface area contributed by atoms with E-state index in [1.807, 2.05) is 20.8 Å². The Bertz CT molecular complexity index is 383. The van der Waals surface area contributed by atoms with Crippen molar-refractivity contribution in [1.82, 2.24) is 5.43 Å². The maximum absolute atomic E-state index is 5.41. The summed E-state index contributed by atoms with van der Waals surface area (Å²) in [5, 5.41) is 3.18. The highest BCUT2D eigenvalue weighted by molar-refractivity contribution is 5.94. The van der Waals surface area contributed by atoms with Crippen molar-refractivity contribution in [2.75, 3.05) is 5.32 Å². The van der Waals surface area contributed by atoms with Crippen molar-refractivity contribution in [3.63, 3.8) is 0 Å². The highest BCUT2D eigenvalue weighted by Gasteiger charge is 2.02. The van der Waals surface area contributed by atoms with Crippen molar-refractivity contribution in [1.29, 1.82) is 0 Å². The van der Waals surface area contributed by atoms with Crippen LogP contribution in [0.1, 0.15) is 25.0 Å². The van der Waals surface area contributed by atoms with E-state index in [9.17, 15) is 0 Å². The number of rotatable bonds is 2. The molecule has 0 aliphatic carbocycles. The minimum atomic E-state index is 0.198. The van der Waals surface area contributed by atoms with Gasteiger partial charge in [0.2, 0.25) is 5.96 Å². The van der Waals surface area contributed by atoms with Crippen molar-refractivity contribution < 1.29 is 0 Å². The molecule has 1 aromatic carbocycles. The van der Waals surface area contributed by atoms with Gasteiger partial charge < -0.3 is 5.32 Å². The first kappa shape index (κ1) is 12.5. The van der Waals surface area contributed by atoms with Gasteiger partial charge in [-0.15, -0.1) is 0 Å². The van der Waals surface area contributed by atoms with Crippen LogP contribution in [0, 0.1) is 13.8 Å². The standard InChI is InChI=1S/C12H20N4/c1-8(2)14-12(16-13)15-11-7-9(3)5-6-10(11)4/h5-8H,13H2,1-4H3,(H2,14,15,16). The summed E-state index contributed by atoms with van der Waals surface area (Å²) in [7, 11) is 0. The van der Waals surface area contributed by atoms with Crippen LogP contribution >= 0.6 is 0 Å². The van der Waals surface area contributed by atoms with E-state index in [0.29, 0.717) is 5.96 Å². The van der Waals surface area contributed by atoms with Gasteiger partial charge in [-0.2, -0.15) is 0 Å². The Morgan fingerprint density at radius 2 is 2.00 bits per heavy atom. The number of nitrogens with one attached hydrogen (secondary N) is 2. The van der Waals surface area contributed by atoms with Crippen molar-refractivity contribution >= 4 is 11.6 Å². The third-order valence-electron chi connectivity index (χ3n) is 2.17. The summed E-state index contributed by atoms with van der Waals surface area (Å²) in [5.74, 6) is 6.00. The van der Waals surface area contributed by atoms with E-state index >= 15 is 0 Å². The van der Waals surface area contributed by atoms with Crippen LogP contribution in [0.5, 0.6) is 0 Å². The van der Waals surface area contributed by atoms with Gasteiger partial charge in [0.15, 0.2) is 0 Å². The van der Waals surface area contributed by atoms with Crippen LogP contribution in [-0.2, 0) is 0 Å². The zero-order valence-corrected chi connectivity index (χ0v) is 10.3. The molecule has 0 aliphatic heterocycles. The fourth-order valence-electron chi connectivity index (χ4n) is 1.36. The van der Waals surface area contributed by atoms with Gasteiger partial charge in [0.05, 0.1) is 0 Å². The molecule has 1 aromatic rings. The van der Waals surface area contributed by atoms with E-state index in [1.165, 1.54) is 5.56 Å². The van der Waals surface area contributed by atoms with E-state index in [2.05, 4.69) is 40.9 Å². The molecule has 1 rings (SSSR count). The van der Waals surface area contributed by atoms with Crippen LogP contribution < -0.4 is 16.6 Å². The number of benzene rings is 1. The number of aryl methyl sites for hydroxylation is 2. The predicted molar refractivity (Wildman–Crippen MR) is 69.4 cm³/mol. The summed E-state index contributed by atoms with van der Waals surface area (Å²) in [6.45, 7) is 8.11. The first-order valence-corrected chi connectivity index (χ1v) is 5.41. The molecule has 0 saturated carbocycles. The van der Waals surface area contributed by atoms with E-state index in [1.54, 1.807) is 0 Å². The van der Waals surface area contributed by atoms with Gasteiger partial charge in [-0.3, -0.25) is 5.43 Å². The van der Waals surface area contributed by atoms with E-state index in [4.69, 9.17) is 5.84 Å². The van der Waals surface area contributed by atoms with Gasteiger partial charge in [-0.25, -0.2) is 10.8 Å². The minimum absolute atomic E-state index is 0.198. The normalized spacial score (nSPS) is 11.8. The lowest BCUT2D eigenvalue weighted by atomic mass is 10.1. The molecule has 4 N–H and O–H groups in total. The lowest BCUT2D eigenvalue weighted by molar-refractivity contribution is 0.819. The van der Waals surface area contributed by atoms with Crippen molar-refractivity contribution in [3.8, 4) is 0 Å². The number of hydrogen-bond acceptors (Lipinski definition) is 2. The number of nitrogens with two attached hydrogens (primary N) is 1. The molecule has 0 aromatic heterocycles. The lowest BCUT2D eigenvalue weighted by Gasteiger charge is -2.13. The van der Waals surface area contributed by atoms with Crippen molar-refractivity contribution in [2.45, 2.75) is 33.7 Å². The molecule has 4 heteroatoms. The monoisotopic (exact) mass is 220 g/mol.